The highest BCUT2D eigenvalue weighted by molar-refractivity contribution is 5.43. The zero-order valence-corrected chi connectivity index (χ0v) is 11.5. The molecule has 0 aliphatic heterocycles. The Bertz CT molecular complexity index is 419. The predicted molar refractivity (Wildman–Crippen MR) is 73.2 cm³/mol. The summed E-state index contributed by atoms with van der Waals surface area (Å²) in [4.78, 5) is 0. The Morgan fingerprint density at radius 1 is 1.28 bits per heavy atom. The maximum atomic E-state index is 6.40. The van der Waals surface area contributed by atoms with Crippen LogP contribution < -0.4 is 15.2 Å². The minimum atomic E-state index is 0.00953. The topological polar surface area (TPSA) is 44.5 Å². The second kappa shape index (κ2) is 5.19. The van der Waals surface area contributed by atoms with Gasteiger partial charge >= 0.3 is 0 Å². The molecule has 1 aromatic carbocycles. The molecule has 1 fully saturated rings. The highest BCUT2D eigenvalue weighted by Crippen LogP contribution is 2.47. The van der Waals surface area contributed by atoms with Gasteiger partial charge in [-0.1, -0.05) is 19.4 Å². The van der Waals surface area contributed by atoms with Crippen LogP contribution in [0.2, 0.25) is 0 Å². The Hall–Kier alpha value is -1.22. The van der Waals surface area contributed by atoms with Crippen LogP contribution in [0.3, 0.4) is 0 Å². The molecule has 18 heavy (non-hydrogen) atoms. The molecule has 2 unspecified atom stereocenters. The first kappa shape index (κ1) is 13.2. The third-order valence-electron chi connectivity index (χ3n) is 3.90. The SMILES string of the molecule is CCCC1CC1(N)Cc1ccc(OC)c(OC)c1. The van der Waals surface area contributed by atoms with Gasteiger partial charge in [0.25, 0.3) is 0 Å². The molecule has 3 nitrogen and oxygen atoms in total. The van der Waals surface area contributed by atoms with E-state index < -0.39 is 0 Å². The van der Waals surface area contributed by atoms with Gasteiger partial charge in [-0.2, -0.15) is 0 Å². The molecule has 2 atom stereocenters. The number of hydrogen-bond donors (Lipinski definition) is 1. The molecule has 0 bridgehead atoms. The van der Waals surface area contributed by atoms with E-state index in [1.807, 2.05) is 12.1 Å². The lowest BCUT2D eigenvalue weighted by Gasteiger charge is -2.14. The standard InChI is InChI=1S/C15H23NO2/c1-4-5-12-10-15(12,16)9-11-6-7-13(17-2)14(8-11)18-3/h6-8,12H,4-5,9-10,16H2,1-3H3. The Balaban J connectivity index is 2.07. The Kier molecular flexibility index (Phi) is 3.81. The van der Waals surface area contributed by atoms with Crippen molar-refractivity contribution in [3.63, 3.8) is 0 Å². The maximum absolute atomic E-state index is 6.40. The van der Waals surface area contributed by atoms with E-state index in [0.717, 1.165) is 24.3 Å². The molecule has 2 N–H and O–H groups in total. The van der Waals surface area contributed by atoms with Crippen molar-refractivity contribution in [3.8, 4) is 11.5 Å². The monoisotopic (exact) mass is 249 g/mol. The Morgan fingerprint density at radius 3 is 2.61 bits per heavy atom. The molecule has 3 heteroatoms. The molecule has 0 aromatic heterocycles. The van der Waals surface area contributed by atoms with Gasteiger partial charge in [0.15, 0.2) is 11.5 Å². The van der Waals surface area contributed by atoms with Gasteiger partial charge in [0.05, 0.1) is 14.2 Å². The van der Waals surface area contributed by atoms with E-state index in [2.05, 4.69) is 13.0 Å². The molecular weight excluding hydrogens is 226 g/mol. The van der Waals surface area contributed by atoms with Crippen molar-refractivity contribution in [2.24, 2.45) is 11.7 Å². The summed E-state index contributed by atoms with van der Waals surface area (Å²) in [6.45, 7) is 2.22. The largest absolute Gasteiger partial charge is 0.493 e. The van der Waals surface area contributed by atoms with Gasteiger partial charge in [0.1, 0.15) is 0 Å². The van der Waals surface area contributed by atoms with E-state index in [-0.39, 0.29) is 5.54 Å². The van der Waals surface area contributed by atoms with E-state index in [1.165, 1.54) is 18.4 Å². The van der Waals surface area contributed by atoms with Crippen LogP contribution in [0.5, 0.6) is 11.5 Å². The number of benzene rings is 1. The van der Waals surface area contributed by atoms with Crippen LogP contribution in [0.1, 0.15) is 31.7 Å². The zero-order chi connectivity index (χ0) is 13.2. The van der Waals surface area contributed by atoms with Gasteiger partial charge in [0.2, 0.25) is 0 Å². The van der Waals surface area contributed by atoms with E-state index in [0.29, 0.717) is 5.92 Å². The number of rotatable bonds is 6. The Morgan fingerprint density at radius 2 is 2.00 bits per heavy atom. The average molecular weight is 249 g/mol. The van der Waals surface area contributed by atoms with Crippen molar-refractivity contribution < 1.29 is 9.47 Å². The molecule has 1 aromatic rings. The van der Waals surface area contributed by atoms with Gasteiger partial charge in [-0.25, -0.2) is 0 Å². The highest BCUT2D eigenvalue weighted by atomic mass is 16.5. The summed E-state index contributed by atoms with van der Waals surface area (Å²) in [5.41, 5.74) is 7.64. The summed E-state index contributed by atoms with van der Waals surface area (Å²) in [6.07, 6.45) is 4.53. The number of methoxy groups -OCH3 is 2. The molecule has 0 saturated heterocycles. The minimum Gasteiger partial charge on any atom is -0.493 e. The maximum Gasteiger partial charge on any atom is 0.160 e. The fourth-order valence-corrected chi connectivity index (χ4v) is 2.72. The van der Waals surface area contributed by atoms with Crippen LogP contribution in [-0.4, -0.2) is 19.8 Å². The first-order chi connectivity index (χ1) is 8.62. The summed E-state index contributed by atoms with van der Waals surface area (Å²) >= 11 is 0. The van der Waals surface area contributed by atoms with Crippen molar-refractivity contribution in [2.75, 3.05) is 14.2 Å². The number of hydrogen-bond acceptors (Lipinski definition) is 3. The summed E-state index contributed by atoms with van der Waals surface area (Å²) < 4.78 is 10.6. The third-order valence-corrected chi connectivity index (χ3v) is 3.90. The fourth-order valence-electron chi connectivity index (χ4n) is 2.72. The first-order valence-electron chi connectivity index (χ1n) is 6.62. The van der Waals surface area contributed by atoms with Crippen LogP contribution in [0, 0.1) is 5.92 Å². The van der Waals surface area contributed by atoms with E-state index in [4.69, 9.17) is 15.2 Å². The van der Waals surface area contributed by atoms with Crippen molar-refractivity contribution >= 4 is 0 Å². The quantitative estimate of drug-likeness (QED) is 0.843. The van der Waals surface area contributed by atoms with Gasteiger partial charge < -0.3 is 15.2 Å². The Labute approximate surface area is 109 Å². The van der Waals surface area contributed by atoms with Crippen LogP contribution in [0.25, 0.3) is 0 Å². The van der Waals surface area contributed by atoms with Crippen molar-refractivity contribution in [1.29, 1.82) is 0 Å². The van der Waals surface area contributed by atoms with E-state index in [1.54, 1.807) is 14.2 Å². The lowest BCUT2D eigenvalue weighted by atomic mass is 10.0. The molecule has 0 heterocycles. The number of nitrogens with two attached hydrogens (primary N) is 1. The smallest absolute Gasteiger partial charge is 0.160 e. The first-order valence-corrected chi connectivity index (χ1v) is 6.62. The average Bonchev–Trinajstić information content (AvgIpc) is 2.99. The summed E-state index contributed by atoms with van der Waals surface area (Å²) in [5, 5.41) is 0. The third kappa shape index (κ3) is 2.61. The molecule has 2 rings (SSSR count). The van der Waals surface area contributed by atoms with Crippen LogP contribution in [0.4, 0.5) is 0 Å². The molecule has 1 saturated carbocycles. The van der Waals surface area contributed by atoms with E-state index >= 15 is 0 Å². The molecule has 0 amide bonds. The lowest BCUT2D eigenvalue weighted by Crippen LogP contribution is -2.27. The van der Waals surface area contributed by atoms with Crippen molar-refractivity contribution in [1.82, 2.24) is 0 Å². The predicted octanol–water partition coefficient (Wildman–Crippen LogP) is 2.76. The van der Waals surface area contributed by atoms with Crippen molar-refractivity contribution in [3.05, 3.63) is 23.8 Å². The summed E-state index contributed by atoms with van der Waals surface area (Å²) in [5.74, 6) is 2.25. The molecule has 100 valence electrons. The van der Waals surface area contributed by atoms with Gasteiger partial charge in [0, 0.05) is 5.54 Å². The zero-order valence-electron chi connectivity index (χ0n) is 11.5. The van der Waals surface area contributed by atoms with Crippen LogP contribution in [0.15, 0.2) is 18.2 Å². The van der Waals surface area contributed by atoms with E-state index in [9.17, 15) is 0 Å². The molecule has 1 aliphatic rings. The second-order valence-corrected chi connectivity index (χ2v) is 5.29. The van der Waals surface area contributed by atoms with Gasteiger partial charge in [-0.15, -0.1) is 0 Å². The normalized spacial score (nSPS) is 25.9. The molecular formula is C15H23NO2. The lowest BCUT2D eigenvalue weighted by molar-refractivity contribution is 0.354. The molecule has 0 spiro atoms. The highest BCUT2D eigenvalue weighted by Gasteiger charge is 2.49. The second-order valence-electron chi connectivity index (χ2n) is 5.29. The minimum absolute atomic E-state index is 0.00953. The van der Waals surface area contributed by atoms with Crippen LogP contribution in [-0.2, 0) is 6.42 Å². The molecule has 1 aliphatic carbocycles. The van der Waals surface area contributed by atoms with Gasteiger partial charge in [-0.3, -0.25) is 0 Å². The molecule has 0 radical (unpaired) electrons. The van der Waals surface area contributed by atoms with Gasteiger partial charge in [-0.05, 0) is 42.9 Å². The summed E-state index contributed by atoms with van der Waals surface area (Å²) in [6, 6.07) is 6.07. The van der Waals surface area contributed by atoms with Crippen molar-refractivity contribution in [2.45, 2.75) is 38.1 Å². The fraction of sp³-hybridized carbons (Fsp3) is 0.600. The summed E-state index contributed by atoms with van der Waals surface area (Å²) in [7, 11) is 3.32. The van der Waals surface area contributed by atoms with Crippen LogP contribution >= 0.6 is 0 Å². The number of ether oxygens (including phenoxy) is 2.